The minimum absolute atomic E-state index is 0.321. The molecule has 0 saturated carbocycles. The monoisotopic (exact) mass is 286 g/mol. The van der Waals surface area contributed by atoms with E-state index in [0.717, 1.165) is 31.9 Å². The summed E-state index contributed by atoms with van der Waals surface area (Å²) in [4.78, 5) is 2.39. The summed E-state index contributed by atoms with van der Waals surface area (Å²) in [5.74, 6) is 1.44. The molecular formula is C15H22N6. The van der Waals surface area contributed by atoms with Crippen LogP contribution in [0.2, 0.25) is 0 Å². The van der Waals surface area contributed by atoms with Gasteiger partial charge in [0.2, 0.25) is 0 Å². The number of nitrogens with zero attached hydrogens (tertiary/aromatic N) is 5. The summed E-state index contributed by atoms with van der Waals surface area (Å²) in [6.45, 7) is 5.75. The van der Waals surface area contributed by atoms with E-state index < -0.39 is 0 Å². The average molecular weight is 286 g/mol. The van der Waals surface area contributed by atoms with Crippen molar-refractivity contribution in [2.75, 3.05) is 13.1 Å². The standard InChI is InChI=1S/C15H22N6/c1-12-9-20(8-7-14(12)16)11-15-17-18-19-21(15)10-13-5-3-2-4-6-13/h2-6,12,14H,7-11,16H2,1H3. The lowest BCUT2D eigenvalue weighted by atomic mass is 9.95. The molecule has 21 heavy (non-hydrogen) atoms. The summed E-state index contributed by atoms with van der Waals surface area (Å²) in [6, 6.07) is 10.6. The van der Waals surface area contributed by atoms with Crippen LogP contribution in [0.5, 0.6) is 0 Å². The maximum absolute atomic E-state index is 6.07. The number of benzene rings is 1. The van der Waals surface area contributed by atoms with Crippen molar-refractivity contribution in [2.45, 2.75) is 32.5 Å². The number of hydrogen-bond donors (Lipinski definition) is 1. The SMILES string of the molecule is CC1CN(Cc2nnnn2Cc2ccccc2)CCC1N. The largest absolute Gasteiger partial charge is 0.327 e. The summed E-state index contributed by atoms with van der Waals surface area (Å²) < 4.78 is 1.88. The van der Waals surface area contributed by atoms with Crippen molar-refractivity contribution in [3.63, 3.8) is 0 Å². The fraction of sp³-hybridized carbons (Fsp3) is 0.533. The van der Waals surface area contributed by atoms with Gasteiger partial charge < -0.3 is 5.73 Å². The van der Waals surface area contributed by atoms with Gasteiger partial charge in [0.1, 0.15) is 0 Å². The Labute approximate surface area is 124 Å². The van der Waals surface area contributed by atoms with Crippen molar-refractivity contribution in [1.29, 1.82) is 0 Å². The van der Waals surface area contributed by atoms with E-state index in [1.807, 2.05) is 22.9 Å². The van der Waals surface area contributed by atoms with Crippen molar-refractivity contribution in [3.05, 3.63) is 41.7 Å². The van der Waals surface area contributed by atoms with Crippen LogP contribution in [0.15, 0.2) is 30.3 Å². The maximum atomic E-state index is 6.07. The molecule has 6 heteroatoms. The lowest BCUT2D eigenvalue weighted by Crippen LogP contribution is -2.45. The molecule has 0 aliphatic carbocycles. The third kappa shape index (κ3) is 3.46. The molecule has 0 amide bonds. The molecule has 1 aromatic heterocycles. The number of nitrogens with two attached hydrogens (primary N) is 1. The predicted octanol–water partition coefficient (Wildman–Crippen LogP) is 0.890. The molecule has 1 aromatic carbocycles. The minimum Gasteiger partial charge on any atom is -0.327 e. The number of rotatable bonds is 4. The lowest BCUT2D eigenvalue weighted by Gasteiger charge is -2.34. The van der Waals surface area contributed by atoms with Gasteiger partial charge in [0.25, 0.3) is 0 Å². The van der Waals surface area contributed by atoms with Crippen LogP contribution in [-0.4, -0.2) is 44.2 Å². The Hall–Kier alpha value is -1.79. The van der Waals surface area contributed by atoms with Crippen LogP contribution in [0, 0.1) is 5.92 Å². The number of likely N-dealkylation sites (tertiary alicyclic amines) is 1. The zero-order chi connectivity index (χ0) is 14.7. The topological polar surface area (TPSA) is 72.9 Å². The highest BCUT2D eigenvalue weighted by atomic mass is 15.5. The normalized spacial score (nSPS) is 23.3. The van der Waals surface area contributed by atoms with Gasteiger partial charge in [-0.2, -0.15) is 0 Å². The molecule has 0 bridgehead atoms. The molecule has 2 heterocycles. The van der Waals surface area contributed by atoms with Gasteiger partial charge in [0.05, 0.1) is 13.1 Å². The summed E-state index contributed by atoms with van der Waals surface area (Å²) in [5.41, 5.74) is 7.28. The first kappa shape index (κ1) is 14.2. The lowest BCUT2D eigenvalue weighted by molar-refractivity contribution is 0.152. The first-order valence-corrected chi connectivity index (χ1v) is 7.49. The van der Waals surface area contributed by atoms with Gasteiger partial charge in [-0.1, -0.05) is 37.3 Å². The molecule has 0 spiro atoms. The van der Waals surface area contributed by atoms with Gasteiger partial charge in [-0.05, 0) is 28.3 Å². The van der Waals surface area contributed by atoms with Gasteiger partial charge in [-0.3, -0.25) is 4.90 Å². The Morgan fingerprint density at radius 2 is 2.05 bits per heavy atom. The Morgan fingerprint density at radius 3 is 2.81 bits per heavy atom. The van der Waals surface area contributed by atoms with Gasteiger partial charge in [0, 0.05) is 19.1 Å². The molecule has 1 saturated heterocycles. The second-order valence-corrected chi connectivity index (χ2v) is 5.90. The van der Waals surface area contributed by atoms with Gasteiger partial charge in [0.15, 0.2) is 5.82 Å². The highest BCUT2D eigenvalue weighted by Gasteiger charge is 2.24. The van der Waals surface area contributed by atoms with E-state index in [0.29, 0.717) is 18.5 Å². The highest BCUT2D eigenvalue weighted by molar-refractivity contribution is 5.14. The van der Waals surface area contributed by atoms with Crippen LogP contribution >= 0.6 is 0 Å². The van der Waals surface area contributed by atoms with Crippen molar-refractivity contribution in [3.8, 4) is 0 Å². The van der Waals surface area contributed by atoms with Crippen molar-refractivity contribution >= 4 is 0 Å². The smallest absolute Gasteiger partial charge is 0.165 e. The van der Waals surface area contributed by atoms with Crippen molar-refractivity contribution in [1.82, 2.24) is 25.1 Å². The molecule has 3 rings (SSSR count). The molecule has 1 fully saturated rings. The summed E-state index contributed by atoms with van der Waals surface area (Å²) >= 11 is 0. The number of aromatic nitrogens is 4. The Balaban J connectivity index is 1.66. The molecule has 112 valence electrons. The third-order valence-electron chi connectivity index (χ3n) is 4.20. The first-order chi connectivity index (χ1) is 10.2. The van der Waals surface area contributed by atoms with Crippen LogP contribution in [0.4, 0.5) is 0 Å². The summed E-state index contributed by atoms with van der Waals surface area (Å²) in [7, 11) is 0. The zero-order valence-corrected chi connectivity index (χ0v) is 12.4. The molecule has 2 unspecified atom stereocenters. The van der Waals surface area contributed by atoms with E-state index in [1.54, 1.807) is 0 Å². The molecule has 2 atom stereocenters. The summed E-state index contributed by atoms with van der Waals surface area (Å²) in [5, 5.41) is 12.1. The van der Waals surface area contributed by atoms with Gasteiger partial charge >= 0.3 is 0 Å². The molecule has 2 aromatic rings. The molecule has 1 aliphatic rings. The molecular weight excluding hydrogens is 264 g/mol. The van der Waals surface area contributed by atoms with Crippen molar-refractivity contribution in [2.24, 2.45) is 11.7 Å². The molecule has 6 nitrogen and oxygen atoms in total. The van der Waals surface area contributed by atoms with E-state index >= 15 is 0 Å². The van der Waals surface area contributed by atoms with E-state index in [2.05, 4.69) is 39.5 Å². The second-order valence-electron chi connectivity index (χ2n) is 5.90. The first-order valence-electron chi connectivity index (χ1n) is 7.49. The Bertz CT molecular complexity index is 567. The van der Waals surface area contributed by atoms with Crippen LogP contribution in [0.1, 0.15) is 24.7 Å². The third-order valence-corrected chi connectivity index (χ3v) is 4.20. The summed E-state index contributed by atoms with van der Waals surface area (Å²) in [6.07, 6.45) is 1.04. The highest BCUT2D eigenvalue weighted by Crippen LogP contribution is 2.16. The van der Waals surface area contributed by atoms with E-state index in [1.165, 1.54) is 5.56 Å². The van der Waals surface area contributed by atoms with Crippen LogP contribution in [-0.2, 0) is 13.1 Å². The van der Waals surface area contributed by atoms with Crippen LogP contribution < -0.4 is 5.73 Å². The molecule has 0 radical (unpaired) electrons. The Morgan fingerprint density at radius 1 is 1.24 bits per heavy atom. The number of hydrogen-bond acceptors (Lipinski definition) is 5. The van der Waals surface area contributed by atoms with Gasteiger partial charge in [-0.25, -0.2) is 4.68 Å². The fourth-order valence-corrected chi connectivity index (χ4v) is 2.81. The fourth-order valence-electron chi connectivity index (χ4n) is 2.81. The van der Waals surface area contributed by atoms with E-state index in [9.17, 15) is 0 Å². The minimum atomic E-state index is 0.321. The predicted molar refractivity (Wildman–Crippen MR) is 80.4 cm³/mol. The van der Waals surface area contributed by atoms with E-state index in [4.69, 9.17) is 5.73 Å². The van der Waals surface area contributed by atoms with Gasteiger partial charge in [-0.15, -0.1) is 5.10 Å². The number of piperidine rings is 1. The van der Waals surface area contributed by atoms with Crippen molar-refractivity contribution < 1.29 is 0 Å². The quantitative estimate of drug-likeness (QED) is 0.903. The molecule has 2 N–H and O–H groups in total. The number of tetrazole rings is 1. The Kier molecular flexibility index (Phi) is 4.26. The van der Waals surface area contributed by atoms with E-state index in [-0.39, 0.29) is 0 Å². The molecule has 1 aliphatic heterocycles. The zero-order valence-electron chi connectivity index (χ0n) is 12.4. The maximum Gasteiger partial charge on any atom is 0.165 e. The van der Waals surface area contributed by atoms with Crippen LogP contribution in [0.3, 0.4) is 0 Å². The van der Waals surface area contributed by atoms with Crippen LogP contribution in [0.25, 0.3) is 0 Å². The average Bonchev–Trinajstić information content (AvgIpc) is 2.91. The second kappa shape index (κ2) is 6.32.